The Labute approximate surface area is 84.7 Å². The molecule has 0 saturated heterocycles. The molecular weight excluding hydrogens is 232 g/mol. The minimum Gasteiger partial charge on any atom is -0.460 e. The Hall–Kier alpha value is -0.830. The highest BCUT2D eigenvalue weighted by atomic mass is 79.9. The number of allylic oxidation sites excluding steroid dienone is 2. The molecule has 1 aliphatic rings. The van der Waals surface area contributed by atoms with Crippen LogP contribution in [0.1, 0.15) is 29.8 Å². The molecule has 3 heteroatoms. The lowest BCUT2D eigenvalue weighted by molar-refractivity contribution is 0.100. The molecule has 2 nitrogen and oxygen atoms in total. The Bertz CT molecular complexity index is 363. The second-order valence-corrected chi connectivity index (χ2v) is 3.90. The number of furan rings is 1. The Morgan fingerprint density at radius 2 is 2.38 bits per heavy atom. The normalized spacial score (nSPS) is 15.9. The highest BCUT2D eigenvalue weighted by molar-refractivity contribution is 9.10. The van der Waals surface area contributed by atoms with Crippen LogP contribution < -0.4 is 0 Å². The summed E-state index contributed by atoms with van der Waals surface area (Å²) >= 11 is 3.27. The van der Waals surface area contributed by atoms with Crippen molar-refractivity contribution in [2.24, 2.45) is 0 Å². The van der Waals surface area contributed by atoms with Gasteiger partial charge in [-0.2, -0.15) is 0 Å². The van der Waals surface area contributed by atoms with E-state index >= 15 is 0 Å². The van der Waals surface area contributed by atoms with E-state index in [4.69, 9.17) is 4.42 Å². The SMILES string of the molecule is O=C(C1=CCCC1)c1occc1Br. The van der Waals surface area contributed by atoms with Gasteiger partial charge in [0.1, 0.15) is 0 Å². The van der Waals surface area contributed by atoms with Crippen molar-refractivity contribution in [3.8, 4) is 0 Å². The van der Waals surface area contributed by atoms with E-state index in [1.807, 2.05) is 6.08 Å². The summed E-state index contributed by atoms with van der Waals surface area (Å²) in [5.74, 6) is 0.447. The van der Waals surface area contributed by atoms with Crippen molar-refractivity contribution >= 4 is 21.7 Å². The number of carbonyl (C=O) groups excluding carboxylic acids is 1. The summed E-state index contributed by atoms with van der Waals surface area (Å²) in [5.41, 5.74) is 0.885. The molecule has 0 fully saturated rings. The van der Waals surface area contributed by atoms with Crippen LogP contribution in [0.15, 0.2) is 32.9 Å². The van der Waals surface area contributed by atoms with Gasteiger partial charge in [-0.15, -0.1) is 0 Å². The number of carbonyl (C=O) groups is 1. The third-order valence-corrected chi connectivity index (χ3v) is 2.78. The number of ketones is 1. The molecule has 0 radical (unpaired) electrons. The third kappa shape index (κ3) is 1.61. The highest BCUT2D eigenvalue weighted by Crippen LogP contribution is 2.26. The summed E-state index contributed by atoms with van der Waals surface area (Å²) in [7, 11) is 0. The zero-order chi connectivity index (χ0) is 9.26. The van der Waals surface area contributed by atoms with Crippen molar-refractivity contribution in [2.45, 2.75) is 19.3 Å². The predicted molar refractivity (Wildman–Crippen MR) is 52.7 cm³/mol. The van der Waals surface area contributed by atoms with E-state index in [-0.39, 0.29) is 5.78 Å². The molecule has 0 unspecified atom stereocenters. The number of halogens is 1. The fourth-order valence-electron chi connectivity index (χ4n) is 1.48. The first-order valence-corrected chi connectivity index (χ1v) is 5.05. The summed E-state index contributed by atoms with van der Waals surface area (Å²) in [6.45, 7) is 0. The summed E-state index contributed by atoms with van der Waals surface area (Å²) in [4.78, 5) is 11.7. The molecule has 1 heterocycles. The van der Waals surface area contributed by atoms with E-state index in [9.17, 15) is 4.79 Å². The van der Waals surface area contributed by atoms with Crippen LogP contribution in [0.2, 0.25) is 0 Å². The maximum absolute atomic E-state index is 11.7. The van der Waals surface area contributed by atoms with Gasteiger partial charge in [0.25, 0.3) is 0 Å². The lowest BCUT2D eigenvalue weighted by Gasteiger charge is -1.97. The van der Waals surface area contributed by atoms with Crippen molar-refractivity contribution in [1.82, 2.24) is 0 Å². The average Bonchev–Trinajstić information content (AvgIpc) is 2.72. The molecule has 68 valence electrons. The first kappa shape index (κ1) is 8.75. The quantitative estimate of drug-likeness (QED) is 0.743. The molecule has 1 aromatic rings. The minimum atomic E-state index is 0.0226. The number of rotatable bonds is 2. The summed E-state index contributed by atoms with van der Waals surface area (Å²) in [6, 6.07) is 1.74. The molecule has 0 amide bonds. The second-order valence-electron chi connectivity index (χ2n) is 3.05. The molecule has 0 saturated carbocycles. The highest BCUT2D eigenvalue weighted by Gasteiger charge is 2.19. The zero-order valence-electron chi connectivity index (χ0n) is 7.05. The molecule has 0 atom stereocenters. The Morgan fingerprint density at radius 3 is 2.92 bits per heavy atom. The van der Waals surface area contributed by atoms with Crippen molar-refractivity contribution in [3.05, 3.63) is 34.2 Å². The van der Waals surface area contributed by atoms with Gasteiger partial charge in [0.2, 0.25) is 5.78 Å². The zero-order valence-corrected chi connectivity index (χ0v) is 8.63. The third-order valence-electron chi connectivity index (χ3n) is 2.16. The number of hydrogen-bond acceptors (Lipinski definition) is 2. The van der Waals surface area contributed by atoms with E-state index in [0.29, 0.717) is 5.76 Å². The van der Waals surface area contributed by atoms with Gasteiger partial charge in [0.05, 0.1) is 10.7 Å². The van der Waals surface area contributed by atoms with Crippen LogP contribution in [0.25, 0.3) is 0 Å². The lowest BCUT2D eigenvalue weighted by Crippen LogP contribution is -2.00. The maximum atomic E-state index is 11.7. The Morgan fingerprint density at radius 1 is 1.54 bits per heavy atom. The lowest BCUT2D eigenvalue weighted by atomic mass is 10.1. The van der Waals surface area contributed by atoms with Crippen molar-refractivity contribution in [1.29, 1.82) is 0 Å². The topological polar surface area (TPSA) is 30.2 Å². The molecule has 0 N–H and O–H groups in total. The minimum absolute atomic E-state index is 0.0226. The molecule has 2 rings (SSSR count). The largest absolute Gasteiger partial charge is 0.460 e. The van der Waals surface area contributed by atoms with Gasteiger partial charge in [0.15, 0.2) is 5.76 Å². The summed E-state index contributed by atoms with van der Waals surface area (Å²) < 4.78 is 5.84. The predicted octanol–water partition coefficient (Wildman–Crippen LogP) is 3.34. The monoisotopic (exact) mass is 240 g/mol. The van der Waals surface area contributed by atoms with Gasteiger partial charge in [-0.25, -0.2) is 0 Å². The smallest absolute Gasteiger partial charge is 0.225 e. The molecule has 0 aliphatic heterocycles. The number of hydrogen-bond donors (Lipinski definition) is 0. The molecule has 13 heavy (non-hydrogen) atoms. The molecule has 0 aromatic carbocycles. The van der Waals surface area contributed by atoms with Gasteiger partial charge < -0.3 is 4.42 Å². The van der Waals surface area contributed by atoms with Crippen molar-refractivity contribution < 1.29 is 9.21 Å². The van der Waals surface area contributed by atoms with Gasteiger partial charge in [-0.3, -0.25) is 4.79 Å². The Balaban J connectivity index is 2.27. The van der Waals surface area contributed by atoms with Crippen LogP contribution >= 0.6 is 15.9 Å². The molecular formula is C10H9BrO2. The molecule has 1 aliphatic carbocycles. The second kappa shape index (κ2) is 3.50. The van der Waals surface area contributed by atoms with E-state index in [0.717, 1.165) is 29.3 Å². The van der Waals surface area contributed by atoms with E-state index in [2.05, 4.69) is 15.9 Å². The van der Waals surface area contributed by atoms with Gasteiger partial charge in [-0.05, 0) is 46.8 Å². The summed E-state index contributed by atoms with van der Waals surface area (Å²) in [6.07, 6.45) is 6.49. The number of Topliss-reactive ketones (excluding diaryl/α,β-unsaturated/α-hetero) is 1. The average molecular weight is 241 g/mol. The molecule has 0 bridgehead atoms. The fraction of sp³-hybridized carbons (Fsp3) is 0.300. The van der Waals surface area contributed by atoms with E-state index < -0.39 is 0 Å². The first-order valence-electron chi connectivity index (χ1n) is 4.26. The van der Waals surface area contributed by atoms with Crippen LogP contribution in [0.3, 0.4) is 0 Å². The van der Waals surface area contributed by atoms with Crippen LogP contribution in [0.4, 0.5) is 0 Å². The van der Waals surface area contributed by atoms with E-state index in [1.165, 1.54) is 6.26 Å². The standard InChI is InChI=1S/C10H9BrO2/c11-8-5-6-13-10(8)9(12)7-3-1-2-4-7/h3,5-6H,1-2,4H2. The van der Waals surface area contributed by atoms with Gasteiger partial charge >= 0.3 is 0 Å². The van der Waals surface area contributed by atoms with Crippen LogP contribution in [-0.4, -0.2) is 5.78 Å². The van der Waals surface area contributed by atoms with Crippen molar-refractivity contribution in [2.75, 3.05) is 0 Å². The van der Waals surface area contributed by atoms with Crippen LogP contribution in [-0.2, 0) is 0 Å². The van der Waals surface area contributed by atoms with Crippen molar-refractivity contribution in [3.63, 3.8) is 0 Å². The molecule has 0 spiro atoms. The van der Waals surface area contributed by atoms with Crippen LogP contribution in [0.5, 0.6) is 0 Å². The summed E-state index contributed by atoms with van der Waals surface area (Å²) in [5, 5.41) is 0. The first-order chi connectivity index (χ1) is 6.29. The Kier molecular flexibility index (Phi) is 2.36. The van der Waals surface area contributed by atoms with Gasteiger partial charge in [-0.1, -0.05) is 6.08 Å². The maximum Gasteiger partial charge on any atom is 0.225 e. The van der Waals surface area contributed by atoms with E-state index in [1.54, 1.807) is 6.07 Å². The molecule has 1 aromatic heterocycles. The fourth-order valence-corrected chi connectivity index (χ4v) is 1.86. The van der Waals surface area contributed by atoms with Crippen LogP contribution in [0, 0.1) is 0 Å². The van der Waals surface area contributed by atoms with Gasteiger partial charge in [0, 0.05) is 0 Å².